The molecule has 14 aliphatic rings. The van der Waals surface area contributed by atoms with Gasteiger partial charge in [-0.3, -0.25) is 0 Å². The molecule has 14 aliphatic carbocycles. The van der Waals surface area contributed by atoms with Crippen molar-refractivity contribution in [2.45, 2.75) is 85.9 Å². The molecule has 2 heteroatoms. The van der Waals surface area contributed by atoms with Crippen LogP contribution in [0.1, 0.15) is 107 Å². The molecule has 82 heavy (non-hydrogen) atoms. The van der Waals surface area contributed by atoms with Crippen molar-refractivity contribution < 1.29 is 9.59 Å². The summed E-state index contributed by atoms with van der Waals surface area (Å²) in [6.07, 6.45) is 14.0. The van der Waals surface area contributed by atoms with Crippen molar-refractivity contribution in [1.82, 2.24) is 0 Å². The Kier molecular flexibility index (Phi) is 3.16. The molecule has 25 aromatic carbocycles. The highest BCUT2D eigenvalue weighted by molar-refractivity contribution is 6.79. The minimum atomic E-state index is -0.659. The molecule has 0 radical (unpaired) electrons. The maximum Gasteiger partial charge on any atom is 0.128 e. The Balaban J connectivity index is 0.981. The molecule has 0 amide bonds. The first kappa shape index (κ1) is 33.3. The number of hydrogen-bond donors (Lipinski definition) is 0. The van der Waals surface area contributed by atoms with Gasteiger partial charge in [-0.25, -0.2) is 0 Å². The van der Waals surface area contributed by atoms with E-state index in [1.807, 2.05) is 0 Å². The van der Waals surface area contributed by atoms with E-state index in [1.165, 1.54) is 11.1 Å². The SMILES string of the molecule is O=CC12CCCCCc3ccc(cc3)CCCCCC3(C=O)C45c6c7c8c9c%10c%11c%12c%13c%14c%15c%16c(c-7c4c4c7c%17c%18c%19c(c%20c6c9c6c%20c9c%19c%19c%20c%18c%18c7c(c4%16)c4c%15c7c%13c%13c%12c%12c%10c6c6c9c%19c9c(c%126)c%13c6c7c4c%18c%20c69)C%1735)C%141C8%112. The Morgan fingerprint density at radius 3 is 0.634 bits per heavy atom. The first-order valence-electron chi connectivity index (χ1n) is 31.8. The molecule has 2 fully saturated rings. The van der Waals surface area contributed by atoms with Crippen LogP contribution >= 0.6 is 0 Å². The van der Waals surface area contributed by atoms with Crippen molar-refractivity contribution in [2.24, 2.45) is 10.8 Å². The highest BCUT2D eigenvalue weighted by atomic mass is 16.1. The molecule has 3 unspecified atom stereocenters. The summed E-state index contributed by atoms with van der Waals surface area (Å²) < 4.78 is 0. The van der Waals surface area contributed by atoms with Crippen LogP contribution in [0.4, 0.5) is 0 Å². The minimum Gasteiger partial charge on any atom is -0.303 e. The van der Waals surface area contributed by atoms with Crippen LogP contribution in [0.3, 0.4) is 0 Å². The highest BCUT2D eigenvalue weighted by Crippen LogP contribution is 3.02. The smallest absolute Gasteiger partial charge is 0.128 e. The summed E-state index contributed by atoms with van der Waals surface area (Å²) in [5.74, 6) is 0. The second-order valence-corrected chi connectivity index (χ2v) is 31.1. The molecule has 0 aromatic heterocycles. The second kappa shape index (κ2) is 7.78. The van der Waals surface area contributed by atoms with Crippen LogP contribution < -0.4 is 0 Å². The largest absolute Gasteiger partial charge is 0.303 e. The maximum atomic E-state index is 16.4. The van der Waals surface area contributed by atoms with Gasteiger partial charge < -0.3 is 9.59 Å². The zero-order valence-electron chi connectivity index (χ0n) is 43.4. The van der Waals surface area contributed by atoms with Crippen LogP contribution in [0.5, 0.6) is 0 Å². The van der Waals surface area contributed by atoms with Gasteiger partial charge >= 0.3 is 0 Å². The molecule has 3 atom stereocenters. The Bertz CT molecular complexity index is 7470. The van der Waals surface area contributed by atoms with Gasteiger partial charge in [0.05, 0.1) is 32.5 Å². The number of carbonyl (C=O) groups is 2. The normalized spacial score (nSPS) is 30.3. The predicted molar refractivity (Wildman–Crippen MR) is 334 cm³/mol. The summed E-state index contributed by atoms with van der Waals surface area (Å²) in [5.41, 5.74) is 15.5. The highest BCUT2D eigenvalue weighted by Gasteiger charge is 2.99. The fourth-order valence-corrected chi connectivity index (χ4v) is 31.0. The topological polar surface area (TPSA) is 34.1 Å². The average molecular weight is 1020 g/mol. The van der Waals surface area contributed by atoms with E-state index < -0.39 is 32.5 Å². The van der Waals surface area contributed by atoms with Crippen LogP contribution in [0.2, 0.25) is 0 Å². The van der Waals surface area contributed by atoms with E-state index in [9.17, 15) is 0 Å². The van der Waals surface area contributed by atoms with Crippen molar-refractivity contribution in [2.75, 3.05) is 0 Å². The number of benzene rings is 17. The number of carbonyl (C=O) groups excluding carboxylic acids is 2. The standard InChI is InChI=1S/C80H26O2/c81-15-75-13-5-1-3-7-17-9-11-18(12-10-17)8-4-2-6-14-76(16-82)78-69-55-47-36-28-21-19-20-22-27(21)40(47)48-37-29(22)26-31-24(20)33-32-23(19)30-25(28)34-41-49-38(30)43(32)53-54-44(33)39(31)50-42-35(26)46(37)58-62-52(42)64-60(50)68(54)77(75)67(53)59(49)63-51(41)61(57(69)45(34)36)71(78)65-66(74(64)80(75,77)73(63)65)72(62)79(76,78)70(58)56(48)55/h9-12,15-16H,1-8,13-14H2. The molecular formula is C80H26O2. The fraction of sp³-hybridized carbons (Fsp3) is 0.200. The molecule has 358 valence electrons. The lowest BCUT2D eigenvalue weighted by molar-refractivity contribution is -0.114. The van der Waals surface area contributed by atoms with Crippen LogP contribution in [0, 0.1) is 10.8 Å². The molecule has 12 bridgehead atoms. The Morgan fingerprint density at radius 2 is 0.402 bits per heavy atom. The summed E-state index contributed by atoms with van der Waals surface area (Å²) in [4.78, 5) is 32.8. The fourth-order valence-electron chi connectivity index (χ4n) is 31.0. The van der Waals surface area contributed by atoms with Crippen LogP contribution in [-0.4, -0.2) is 12.6 Å². The zero-order chi connectivity index (χ0) is 49.8. The van der Waals surface area contributed by atoms with Crippen molar-refractivity contribution in [3.05, 3.63) is 79.9 Å². The Hall–Kier alpha value is -8.72. The summed E-state index contributed by atoms with van der Waals surface area (Å²) in [6, 6.07) is 9.68. The first-order chi connectivity index (χ1) is 40.8. The lowest BCUT2D eigenvalue weighted by atomic mass is 9.66. The van der Waals surface area contributed by atoms with Crippen LogP contribution in [-0.2, 0) is 44.1 Å². The van der Waals surface area contributed by atoms with E-state index in [0.717, 1.165) is 64.2 Å². The quantitative estimate of drug-likeness (QED) is 0.128. The van der Waals surface area contributed by atoms with E-state index in [1.54, 1.807) is 316 Å². The lowest BCUT2D eigenvalue weighted by Gasteiger charge is -2.34. The third-order valence-corrected chi connectivity index (χ3v) is 31.2. The zero-order valence-corrected chi connectivity index (χ0v) is 43.4. The molecule has 2 nitrogen and oxygen atoms in total. The van der Waals surface area contributed by atoms with Gasteiger partial charge in [0.15, 0.2) is 0 Å². The third-order valence-electron chi connectivity index (χ3n) is 31.2. The molecule has 0 heterocycles. The summed E-state index contributed by atoms with van der Waals surface area (Å²) in [5, 5.41) is 73.2. The van der Waals surface area contributed by atoms with Crippen molar-refractivity contribution in [3.8, 4) is 11.1 Å². The van der Waals surface area contributed by atoms with Gasteiger partial charge in [0.1, 0.15) is 12.6 Å². The molecular weight excluding hydrogens is 993 g/mol. The molecule has 2 saturated carbocycles. The van der Waals surface area contributed by atoms with E-state index in [0.29, 0.717) is 0 Å². The maximum absolute atomic E-state index is 16.4. The predicted octanol–water partition coefficient (Wildman–Crippen LogP) is 19.1. The van der Waals surface area contributed by atoms with E-state index in [2.05, 4.69) is 24.3 Å². The lowest BCUT2D eigenvalue weighted by Crippen LogP contribution is -2.28. The number of hydrogen-bond acceptors (Lipinski definition) is 2. The number of rotatable bonds is 2. The van der Waals surface area contributed by atoms with Crippen molar-refractivity contribution in [1.29, 1.82) is 0 Å². The number of aryl methyl sites for hydroxylation is 2. The van der Waals surface area contributed by atoms with Crippen molar-refractivity contribution >= 4 is 260 Å². The molecule has 0 aliphatic heterocycles. The minimum absolute atomic E-state index is 0.508. The Morgan fingerprint density at radius 1 is 0.220 bits per heavy atom. The summed E-state index contributed by atoms with van der Waals surface area (Å²) >= 11 is 0. The molecule has 39 rings (SSSR count). The Labute approximate surface area is 455 Å². The molecule has 0 N–H and O–H groups in total. The number of aldehydes is 2. The van der Waals surface area contributed by atoms with Gasteiger partial charge in [0.2, 0.25) is 0 Å². The van der Waals surface area contributed by atoms with Gasteiger partial charge in [-0.15, -0.1) is 0 Å². The van der Waals surface area contributed by atoms with Crippen LogP contribution in [0.25, 0.3) is 259 Å². The molecule has 0 saturated heterocycles. The van der Waals surface area contributed by atoms with E-state index >= 15 is 9.59 Å². The third kappa shape index (κ3) is 1.79. The van der Waals surface area contributed by atoms with Gasteiger partial charge in [-0.1, -0.05) is 49.9 Å². The first-order valence-corrected chi connectivity index (χ1v) is 31.8. The van der Waals surface area contributed by atoms with Gasteiger partial charge in [0.25, 0.3) is 0 Å². The van der Waals surface area contributed by atoms with E-state index in [-0.39, 0.29) is 0 Å². The van der Waals surface area contributed by atoms with Crippen LogP contribution in [0.15, 0.2) is 24.3 Å². The van der Waals surface area contributed by atoms with Gasteiger partial charge in [-0.2, -0.15) is 0 Å². The summed E-state index contributed by atoms with van der Waals surface area (Å²) in [7, 11) is 0. The van der Waals surface area contributed by atoms with Gasteiger partial charge in [0, 0.05) is 0 Å². The monoisotopic (exact) mass is 1020 g/mol. The van der Waals surface area contributed by atoms with Crippen molar-refractivity contribution in [3.63, 3.8) is 0 Å². The van der Waals surface area contributed by atoms with Gasteiger partial charge in [-0.05, 0) is 353 Å². The second-order valence-electron chi connectivity index (χ2n) is 31.1. The molecule has 4 spiro atoms. The molecule has 25 aromatic rings. The summed E-state index contributed by atoms with van der Waals surface area (Å²) in [6.45, 7) is 0. The average Bonchev–Trinajstić information content (AvgIpc) is 1.35. The van der Waals surface area contributed by atoms with E-state index in [4.69, 9.17) is 0 Å².